The molecular formula is C13H26N4O6. The average molecular weight is 334 g/mol. The molecule has 0 heterocycles. The molecule has 0 aromatic rings. The second-order valence-electron chi connectivity index (χ2n) is 5.55. The first kappa shape index (κ1) is 20.7. The highest BCUT2D eigenvalue weighted by atomic mass is 16.8. The fraction of sp³-hybridized carbons (Fsp3) is 0.846. The zero-order chi connectivity index (χ0) is 18.0. The van der Waals surface area contributed by atoms with Gasteiger partial charge in [-0.15, -0.1) is 5.01 Å². The van der Waals surface area contributed by atoms with Crippen molar-refractivity contribution in [3.63, 3.8) is 0 Å². The lowest BCUT2D eigenvalue weighted by Gasteiger charge is -2.21. The van der Waals surface area contributed by atoms with E-state index in [1.165, 1.54) is 11.9 Å². The predicted octanol–water partition coefficient (Wildman–Crippen LogP) is 1.55. The van der Waals surface area contributed by atoms with Crippen LogP contribution in [0, 0.1) is 5.21 Å². The third-order valence-corrected chi connectivity index (χ3v) is 2.44. The molecule has 0 bridgehead atoms. The van der Waals surface area contributed by atoms with Crippen LogP contribution in [-0.4, -0.2) is 53.6 Å². The Balaban J connectivity index is 4.15. The number of hydrogen-bond acceptors (Lipinski definition) is 7. The molecule has 0 saturated heterocycles. The molecule has 0 fully saturated rings. The van der Waals surface area contributed by atoms with Crippen molar-refractivity contribution in [2.45, 2.75) is 53.2 Å². The van der Waals surface area contributed by atoms with E-state index in [-0.39, 0.29) is 4.97 Å². The number of alkyl carbamates (subject to hydrolysis) is 1. The van der Waals surface area contributed by atoms with Crippen LogP contribution in [0.4, 0.5) is 4.79 Å². The van der Waals surface area contributed by atoms with E-state index >= 15 is 0 Å². The zero-order valence-corrected chi connectivity index (χ0v) is 14.5. The van der Waals surface area contributed by atoms with E-state index in [4.69, 9.17) is 9.47 Å². The van der Waals surface area contributed by atoms with Gasteiger partial charge in [0.2, 0.25) is 5.28 Å². The molecule has 23 heavy (non-hydrogen) atoms. The monoisotopic (exact) mass is 334 g/mol. The number of esters is 1. The molecule has 0 aliphatic heterocycles. The van der Waals surface area contributed by atoms with Gasteiger partial charge in [-0.2, -0.15) is 0 Å². The van der Waals surface area contributed by atoms with Gasteiger partial charge in [-0.05, 0) is 41.5 Å². The van der Waals surface area contributed by atoms with Gasteiger partial charge in [-0.3, -0.25) is 0 Å². The maximum absolute atomic E-state index is 11.6. The van der Waals surface area contributed by atoms with Gasteiger partial charge >= 0.3 is 12.1 Å². The van der Waals surface area contributed by atoms with E-state index < -0.39 is 30.5 Å². The Kier molecular flexibility index (Phi) is 8.74. The van der Waals surface area contributed by atoms with Gasteiger partial charge in [-0.1, -0.05) is 0 Å². The first-order chi connectivity index (χ1) is 10.6. The first-order valence-corrected chi connectivity index (χ1v) is 7.31. The Morgan fingerprint density at radius 3 is 2.35 bits per heavy atom. The summed E-state index contributed by atoms with van der Waals surface area (Å²) in [6, 6.07) is -0.931. The topological polar surface area (TPSA) is 116 Å². The lowest BCUT2D eigenvalue weighted by Crippen LogP contribution is -2.42. The molecule has 0 spiro atoms. The van der Waals surface area contributed by atoms with E-state index in [1.807, 2.05) is 0 Å². The predicted molar refractivity (Wildman–Crippen MR) is 79.9 cm³/mol. The molecule has 0 aliphatic rings. The minimum atomic E-state index is -0.931. The zero-order valence-electron chi connectivity index (χ0n) is 14.5. The standard InChI is InChI=1S/C13H26N4O6/c1-7-16(8-2)17(20)15-22-9-21-11(18)10(3)14-12(19)23-13(4,5)6/h10H,7-9H2,1-6H3,(H,14,19)/b17-15-/t10-/m0/s1. The number of carbonyl (C=O) groups is 2. The molecule has 10 nitrogen and oxygen atoms in total. The van der Waals surface area contributed by atoms with Crippen molar-refractivity contribution in [1.29, 1.82) is 0 Å². The second kappa shape index (κ2) is 9.70. The SMILES string of the molecule is CCN(CC)/[N+]([O-])=N/OCOC(=O)[C@H](C)NC(=O)OC(C)(C)C. The van der Waals surface area contributed by atoms with E-state index in [0.717, 1.165) is 0 Å². The molecule has 1 N–H and O–H groups in total. The summed E-state index contributed by atoms with van der Waals surface area (Å²) < 4.78 is 9.73. The molecule has 134 valence electrons. The molecular weight excluding hydrogens is 308 g/mol. The van der Waals surface area contributed by atoms with Crippen LogP contribution < -0.4 is 5.32 Å². The lowest BCUT2D eigenvalue weighted by molar-refractivity contribution is -0.710. The Bertz CT molecular complexity index is 417. The van der Waals surface area contributed by atoms with Gasteiger partial charge in [0.05, 0.1) is 18.1 Å². The summed E-state index contributed by atoms with van der Waals surface area (Å²) in [6.07, 6.45) is -0.736. The number of carbonyl (C=O) groups excluding carboxylic acids is 2. The van der Waals surface area contributed by atoms with Crippen molar-refractivity contribution in [3.8, 4) is 0 Å². The highest BCUT2D eigenvalue weighted by molar-refractivity contribution is 5.80. The Morgan fingerprint density at radius 2 is 1.87 bits per heavy atom. The summed E-state index contributed by atoms with van der Waals surface area (Å²) in [4.78, 5) is 28.0. The summed E-state index contributed by atoms with van der Waals surface area (Å²) in [7, 11) is 0. The molecule has 1 atom stereocenters. The van der Waals surface area contributed by atoms with Crippen LogP contribution in [0.5, 0.6) is 0 Å². The summed E-state index contributed by atoms with van der Waals surface area (Å²) >= 11 is 0. The lowest BCUT2D eigenvalue weighted by atomic mass is 10.2. The van der Waals surface area contributed by atoms with Crippen LogP contribution in [-0.2, 0) is 19.1 Å². The van der Waals surface area contributed by atoms with Gasteiger partial charge in [0.15, 0.2) is 0 Å². The Hall–Kier alpha value is -2.26. The third kappa shape index (κ3) is 9.38. The molecule has 10 heteroatoms. The smallest absolute Gasteiger partial charge is 0.408 e. The molecule has 1 amide bonds. The quantitative estimate of drug-likeness (QED) is 0.179. The normalized spacial score (nSPS) is 13.0. The Morgan fingerprint density at radius 1 is 1.30 bits per heavy atom. The molecule has 0 aromatic heterocycles. The average Bonchev–Trinajstić information content (AvgIpc) is 2.42. The van der Waals surface area contributed by atoms with Gasteiger partial charge in [0, 0.05) is 0 Å². The minimum Gasteiger partial charge on any atom is -0.569 e. The number of nitrogens with one attached hydrogen (secondary N) is 1. The van der Waals surface area contributed by atoms with Gasteiger partial charge < -0.3 is 24.8 Å². The van der Waals surface area contributed by atoms with Crippen LogP contribution in [0.3, 0.4) is 0 Å². The van der Waals surface area contributed by atoms with E-state index in [0.29, 0.717) is 13.1 Å². The largest absolute Gasteiger partial charge is 0.569 e. The number of rotatable bonds is 8. The number of amides is 1. The number of ether oxygens (including phenoxy) is 2. The van der Waals surface area contributed by atoms with Crippen molar-refractivity contribution in [2.75, 3.05) is 19.9 Å². The van der Waals surface area contributed by atoms with Gasteiger partial charge in [-0.25, -0.2) is 9.59 Å². The molecule has 0 aliphatic carbocycles. The summed E-state index contributed by atoms with van der Waals surface area (Å²) in [6.45, 7) is 10.5. The van der Waals surface area contributed by atoms with Gasteiger partial charge in [0.1, 0.15) is 11.6 Å². The number of hydrazine groups is 1. The molecule has 0 saturated carbocycles. The first-order valence-electron chi connectivity index (χ1n) is 7.31. The van der Waals surface area contributed by atoms with Crippen molar-refractivity contribution in [2.24, 2.45) is 5.28 Å². The number of nitrogens with zero attached hydrogens (tertiary/aromatic N) is 3. The molecule has 0 aromatic carbocycles. The molecule has 0 rings (SSSR count). The maximum Gasteiger partial charge on any atom is 0.408 e. The van der Waals surface area contributed by atoms with Crippen LogP contribution >= 0.6 is 0 Å². The highest BCUT2D eigenvalue weighted by Crippen LogP contribution is 2.06. The van der Waals surface area contributed by atoms with E-state index in [1.54, 1.807) is 34.6 Å². The number of hydrogen-bond donors (Lipinski definition) is 1. The summed E-state index contributed by atoms with van der Waals surface area (Å²) in [5, 5.41) is 18.3. The van der Waals surface area contributed by atoms with Crippen LogP contribution in [0.15, 0.2) is 5.28 Å². The van der Waals surface area contributed by atoms with Crippen molar-refractivity contribution >= 4 is 12.1 Å². The van der Waals surface area contributed by atoms with Crippen molar-refractivity contribution in [3.05, 3.63) is 5.21 Å². The minimum absolute atomic E-state index is 0.274. The fourth-order valence-electron chi connectivity index (χ4n) is 1.34. The van der Waals surface area contributed by atoms with Crippen LogP contribution in [0.2, 0.25) is 0 Å². The summed E-state index contributed by atoms with van der Waals surface area (Å²) in [5.74, 6) is -0.744. The fourth-order valence-corrected chi connectivity index (χ4v) is 1.34. The van der Waals surface area contributed by atoms with Crippen molar-refractivity contribution in [1.82, 2.24) is 10.3 Å². The second-order valence-corrected chi connectivity index (χ2v) is 5.55. The highest BCUT2D eigenvalue weighted by Gasteiger charge is 2.22. The maximum atomic E-state index is 11.6. The van der Waals surface area contributed by atoms with Crippen LogP contribution in [0.1, 0.15) is 41.5 Å². The molecule has 0 unspecified atom stereocenters. The molecule has 0 radical (unpaired) electrons. The van der Waals surface area contributed by atoms with Crippen LogP contribution in [0.25, 0.3) is 0 Å². The van der Waals surface area contributed by atoms with E-state index in [2.05, 4.69) is 15.4 Å². The van der Waals surface area contributed by atoms with E-state index in [9.17, 15) is 14.8 Å². The van der Waals surface area contributed by atoms with Gasteiger partial charge in [0.25, 0.3) is 6.79 Å². The Labute approximate surface area is 135 Å². The van der Waals surface area contributed by atoms with Crippen molar-refractivity contribution < 1.29 is 28.9 Å². The third-order valence-electron chi connectivity index (χ3n) is 2.44. The summed E-state index contributed by atoms with van der Waals surface area (Å²) in [5.41, 5.74) is -0.669.